The maximum absolute atomic E-state index is 12.2. The summed E-state index contributed by atoms with van der Waals surface area (Å²) in [6, 6.07) is 0. The Morgan fingerprint density at radius 3 is 1.79 bits per heavy atom. The van der Waals surface area contributed by atoms with Crippen LogP contribution in [0.3, 0.4) is 0 Å². The Kier molecular flexibility index (Phi) is 25.7. The first-order valence-electron chi connectivity index (χ1n) is 15.1. The molecule has 0 bridgehead atoms. The highest BCUT2D eigenvalue weighted by Crippen LogP contribution is 2.35. The molecule has 0 saturated carbocycles. The van der Waals surface area contributed by atoms with Crippen molar-refractivity contribution in [2.24, 2.45) is 0 Å². The lowest BCUT2D eigenvalue weighted by atomic mass is 10.1. The van der Waals surface area contributed by atoms with E-state index in [2.05, 4.69) is 30.5 Å². The Balaban J connectivity index is 4.16. The molecule has 0 saturated heterocycles. The van der Waals surface area contributed by atoms with Gasteiger partial charge in [0, 0.05) is 12.8 Å². The fourth-order valence-electron chi connectivity index (χ4n) is 3.95. The zero-order valence-electron chi connectivity index (χ0n) is 24.5. The number of rotatable bonds is 27. The zero-order chi connectivity index (χ0) is 29.0. The second-order valence-corrected chi connectivity index (χ2v) is 11.3. The molecule has 8 nitrogen and oxygen atoms in total. The summed E-state index contributed by atoms with van der Waals surface area (Å²) in [5.41, 5.74) is 0. The molecule has 0 aliphatic carbocycles. The van der Waals surface area contributed by atoms with Gasteiger partial charge in [-0.3, -0.25) is 14.1 Å². The van der Waals surface area contributed by atoms with Gasteiger partial charge in [-0.2, -0.15) is 0 Å². The number of carbonyl (C=O) groups excluding carboxylic acids is 2. The normalized spacial score (nSPS) is 12.8. The molecule has 228 valence electrons. The van der Waals surface area contributed by atoms with Crippen molar-refractivity contribution in [2.45, 2.75) is 142 Å². The maximum Gasteiger partial charge on any atom is 0.469 e. The lowest BCUT2D eigenvalue weighted by Crippen LogP contribution is -2.29. The maximum atomic E-state index is 12.2. The van der Waals surface area contributed by atoms with Crippen LogP contribution in [0, 0.1) is 0 Å². The number of allylic oxidation sites excluding steroid dienone is 4. The van der Waals surface area contributed by atoms with Gasteiger partial charge in [-0.05, 0) is 32.1 Å². The van der Waals surface area contributed by atoms with E-state index >= 15 is 0 Å². The van der Waals surface area contributed by atoms with E-state index < -0.39 is 32.5 Å². The minimum Gasteiger partial charge on any atom is -0.462 e. The minimum atomic E-state index is -4.75. The number of unbranched alkanes of at least 4 members (excludes halogenated alkanes) is 13. The van der Waals surface area contributed by atoms with Crippen molar-refractivity contribution >= 4 is 19.8 Å². The summed E-state index contributed by atoms with van der Waals surface area (Å²) in [6.07, 6.45) is 26.5. The number of hydrogen-bond acceptors (Lipinski definition) is 6. The molecule has 39 heavy (non-hydrogen) atoms. The molecule has 0 rings (SSSR count). The smallest absolute Gasteiger partial charge is 0.462 e. The molecule has 0 aliphatic rings. The van der Waals surface area contributed by atoms with Crippen LogP contribution in [0.2, 0.25) is 0 Å². The van der Waals surface area contributed by atoms with E-state index in [0.717, 1.165) is 38.5 Å². The number of phosphoric acid groups is 1. The highest BCUT2D eigenvalue weighted by molar-refractivity contribution is 7.46. The lowest BCUT2D eigenvalue weighted by Gasteiger charge is -2.18. The fourth-order valence-corrected chi connectivity index (χ4v) is 4.31. The number of hydrogen-bond donors (Lipinski definition) is 2. The molecule has 0 aromatic heterocycles. The van der Waals surface area contributed by atoms with E-state index in [4.69, 9.17) is 19.3 Å². The van der Waals surface area contributed by atoms with Gasteiger partial charge in [0.15, 0.2) is 6.10 Å². The summed E-state index contributed by atoms with van der Waals surface area (Å²) < 4.78 is 26.0. The SMILES string of the molecule is CCCCCCCC/C=C/C/C=C/CCC(=O)OC(COC(=O)CCCCCCCCCC)COP(=O)(O)O. The van der Waals surface area contributed by atoms with E-state index in [1.165, 1.54) is 64.2 Å². The van der Waals surface area contributed by atoms with Gasteiger partial charge in [0.25, 0.3) is 0 Å². The number of carbonyl (C=O) groups is 2. The fraction of sp³-hybridized carbons (Fsp3) is 0.800. The molecule has 2 N–H and O–H groups in total. The third-order valence-electron chi connectivity index (χ3n) is 6.24. The van der Waals surface area contributed by atoms with Crippen LogP contribution in [-0.2, 0) is 28.2 Å². The summed E-state index contributed by atoms with van der Waals surface area (Å²) in [4.78, 5) is 42.2. The zero-order valence-corrected chi connectivity index (χ0v) is 25.4. The van der Waals surface area contributed by atoms with Crippen LogP contribution in [0.25, 0.3) is 0 Å². The Morgan fingerprint density at radius 2 is 1.21 bits per heavy atom. The quantitative estimate of drug-likeness (QED) is 0.0437. The van der Waals surface area contributed by atoms with Crippen molar-refractivity contribution in [3.8, 4) is 0 Å². The van der Waals surface area contributed by atoms with Gasteiger partial charge in [0.05, 0.1) is 6.61 Å². The first-order chi connectivity index (χ1) is 18.8. The molecule has 1 atom stereocenters. The molecule has 0 aromatic rings. The molecule has 0 fully saturated rings. The van der Waals surface area contributed by atoms with Crippen molar-refractivity contribution in [1.29, 1.82) is 0 Å². The predicted molar refractivity (Wildman–Crippen MR) is 156 cm³/mol. The van der Waals surface area contributed by atoms with Crippen LogP contribution in [0.15, 0.2) is 24.3 Å². The molecular weight excluding hydrogens is 519 g/mol. The van der Waals surface area contributed by atoms with E-state index in [-0.39, 0.29) is 19.4 Å². The van der Waals surface area contributed by atoms with Crippen LogP contribution in [0.5, 0.6) is 0 Å². The van der Waals surface area contributed by atoms with Gasteiger partial charge in [0.2, 0.25) is 0 Å². The Morgan fingerprint density at radius 1 is 0.667 bits per heavy atom. The average Bonchev–Trinajstić information content (AvgIpc) is 2.89. The first kappa shape index (κ1) is 37.5. The predicted octanol–water partition coefficient (Wildman–Crippen LogP) is 8.11. The van der Waals surface area contributed by atoms with Crippen LogP contribution < -0.4 is 0 Å². The van der Waals surface area contributed by atoms with E-state index in [9.17, 15) is 14.2 Å². The molecule has 0 amide bonds. The molecule has 0 spiro atoms. The summed E-state index contributed by atoms with van der Waals surface area (Å²) in [6.45, 7) is 3.55. The Labute approximate surface area is 237 Å². The molecule has 1 unspecified atom stereocenters. The van der Waals surface area contributed by atoms with Crippen LogP contribution >= 0.6 is 7.82 Å². The molecule has 0 radical (unpaired) electrons. The minimum absolute atomic E-state index is 0.108. The molecule has 9 heteroatoms. The van der Waals surface area contributed by atoms with Crippen molar-refractivity contribution in [1.82, 2.24) is 0 Å². The van der Waals surface area contributed by atoms with Gasteiger partial charge >= 0.3 is 19.8 Å². The van der Waals surface area contributed by atoms with E-state index in [1.54, 1.807) is 0 Å². The summed E-state index contributed by atoms with van der Waals surface area (Å²) in [5.74, 6) is -0.970. The van der Waals surface area contributed by atoms with Crippen LogP contribution in [-0.4, -0.2) is 41.0 Å². The van der Waals surface area contributed by atoms with Gasteiger partial charge < -0.3 is 19.3 Å². The second-order valence-electron chi connectivity index (χ2n) is 10.1. The molecule has 0 aliphatic heterocycles. The average molecular weight is 575 g/mol. The van der Waals surface area contributed by atoms with Gasteiger partial charge in [-0.25, -0.2) is 4.57 Å². The van der Waals surface area contributed by atoms with E-state index in [0.29, 0.717) is 6.42 Å². The topological polar surface area (TPSA) is 119 Å². The van der Waals surface area contributed by atoms with Crippen molar-refractivity contribution < 1.29 is 37.9 Å². The highest BCUT2D eigenvalue weighted by atomic mass is 31.2. The molecule has 0 heterocycles. The van der Waals surface area contributed by atoms with Gasteiger partial charge in [-0.1, -0.05) is 115 Å². The lowest BCUT2D eigenvalue weighted by molar-refractivity contribution is -0.161. The largest absolute Gasteiger partial charge is 0.469 e. The van der Waals surface area contributed by atoms with Gasteiger partial charge in [-0.15, -0.1) is 0 Å². The van der Waals surface area contributed by atoms with Gasteiger partial charge in [0.1, 0.15) is 6.61 Å². The number of ether oxygens (including phenoxy) is 2. The molecule has 0 aromatic carbocycles. The number of phosphoric ester groups is 1. The van der Waals surface area contributed by atoms with Crippen LogP contribution in [0.1, 0.15) is 136 Å². The van der Waals surface area contributed by atoms with Crippen LogP contribution in [0.4, 0.5) is 0 Å². The standard InChI is InChI=1S/C30H55O8P/c1-3-5-7-9-11-13-14-15-16-17-19-21-23-25-30(32)38-28(27-37-39(33,34)35)26-36-29(31)24-22-20-18-12-10-8-6-4-2/h15-16,19,21,28H,3-14,17-18,20,22-27H2,1-2H3,(H2,33,34,35)/b16-15+,21-19+. The van der Waals surface area contributed by atoms with E-state index in [1.807, 2.05) is 12.2 Å². The summed E-state index contributed by atoms with van der Waals surface area (Å²) in [7, 11) is -4.75. The summed E-state index contributed by atoms with van der Waals surface area (Å²) >= 11 is 0. The first-order valence-corrected chi connectivity index (χ1v) is 16.7. The third kappa shape index (κ3) is 29.3. The van der Waals surface area contributed by atoms with Crippen molar-refractivity contribution in [2.75, 3.05) is 13.2 Å². The third-order valence-corrected chi connectivity index (χ3v) is 6.72. The monoisotopic (exact) mass is 574 g/mol. The number of esters is 2. The van der Waals surface area contributed by atoms with Crippen molar-refractivity contribution in [3.63, 3.8) is 0 Å². The highest BCUT2D eigenvalue weighted by Gasteiger charge is 2.22. The molecular formula is C30H55O8P. The Hall–Kier alpha value is -1.47. The second kappa shape index (κ2) is 26.7. The summed E-state index contributed by atoms with van der Waals surface area (Å²) in [5, 5.41) is 0. The Bertz CT molecular complexity index is 701. The van der Waals surface area contributed by atoms with Crippen molar-refractivity contribution in [3.05, 3.63) is 24.3 Å².